The van der Waals surface area contributed by atoms with Crippen molar-refractivity contribution in [2.45, 2.75) is 18.3 Å². The molecular formula is C19H15N3O4S. The van der Waals surface area contributed by atoms with E-state index in [4.69, 9.17) is 14.4 Å². The lowest BCUT2D eigenvalue weighted by molar-refractivity contribution is -0.150. The minimum absolute atomic E-state index is 0.0424. The maximum Gasteiger partial charge on any atom is 0.317 e. The van der Waals surface area contributed by atoms with Crippen LogP contribution in [0.4, 0.5) is 5.69 Å². The quantitative estimate of drug-likeness (QED) is 0.515. The molecule has 1 atom stereocenters. The number of nitrogens with one attached hydrogen (secondary N) is 1. The second-order valence-electron chi connectivity index (χ2n) is 5.51. The van der Waals surface area contributed by atoms with Gasteiger partial charge in [0.2, 0.25) is 0 Å². The van der Waals surface area contributed by atoms with Crippen LogP contribution >= 0.6 is 11.8 Å². The number of hydrogen-bond acceptors (Lipinski definition) is 7. The molecule has 1 aromatic heterocycles. The summed E-state index contributed by atoms with van der Waals surface area (Å²) in [7, 11) is 0. The fourth-order valence-electron chi connectivity index (χ4n) is 2.24. The third kappa shape index (κ3) is 4.65. The zero-order valence-electron chi connectivity index (χ0n) is 14.3. The topological polar surface area (TPSA) is 105 Å². The SMILES string of the molecule is C[C@@H](OC(=O)CSc1nc2ccccc2o1)C(=O)Nc1ccccc1C#N. The van der Waals surface area contributed by atoms with Gasteiger partial charge in [0.1, 0.15) is 17.3 Å². The Hall–Kier alpha value is -3.31. The summed E-state index contributed by atoms with van der Waals surface area (Å²) in [6, 6.07) is 15.9. The van der Waals surface area contributed by atoms with E-state index in [1.807, 2.05) is 24.3 Å². The van der Waals surface area contributed by atoms with Crippen LogP contribution in [0.25, 0.3) is 11.1 Å². The molecule has 8 heteroatoms. The van der Waals surface area contributed by atoms with E-state index in [1.54, 1.807) is 30.3 Å². The van der Waals surface area contributed by atoms with Crippen LogP contribution in [0.5, 0.6) is 0 Å². The average molecular weight is 381 g/mol. The fraction of sp³-hybridized carbons (Fsp3) is 0.158. The third-order valence-electron chi connectivity index (χ3n) is 3.57. The predicted octanol–water partition coefficient (Wildman–Crippen LogP) is 3.36. The summed E-state index contributed by atoms with van der Waals surface area (Å²) < 4.78 is 10.6. The first-order chi connectivity index (χ1) is 13.1. The minimum atomic E-state index is -1.01. The zero-order chi connectivity index (χ0) is 19.2. The smallest absolute Gasteiger partial charge is 0.317 e. The minimum Gasteiger partial charge on any atom is -0.452 e. The van der Waals surface area contributed by atoms with Crippen molar-refractivity contribution in [3.05, 3.63) is 54.1 Å². The molecule has 0 radical (unpaired) electrons. The molecule has 0 bridgehead atoms. The van der Waals surface area contributed by atoms with Gasteiger partial charge in [-0.25, -0.2) is 4.98 Å². The molecule has 7 nitrogen and oxygen atoms in total. The number of carbonyl (C=O) groups is 2. The van der Waals surface area contributed by atoms with Crippen LogP contribution in [0.1, 0.15) is 12.5 Å². The maximum absolute atomic E-state index is 12.2. The molecule has 136 valence electrons. The standard InChI is InChI=1S/C19H15N3O4S/c1-12(18(24)21-14-7-3-2-6-13(14)10-20)25-17(23)11-27-19-22-15-8-4-5-9-16(15)26-19/h2-9,12H,11H2,1H3,(H,21,24)/t12-/m1/s1. The molecule has 3 aromatic rings. The van der Waals surface area contributed by atoms with Crippen LogP contribution in [0.3, 0.4) is 0 Å². The first-order valence-corrected chi connectivity index (χ1v) is 9.03. The molecule has 1 heterocycles. The van der Waals surface area contributed by atoms with Gasteiger partial charge in [-0.1, -0.05) is 36.0 Å². The molecule has 2 aromatic carbocycles. The summed E-state index contributed by atoms with van der Waals surface area (Å²) in [5, 5.41) is 12.0. The van der Waals surface area contributed by atoms with E-state index in [-0.39, 0.29) is 5.75 Å². The van der Waals surface area contributed by atoms with Crippen molar-refractivity contribution < 1.29 is 18.7 Å². The maximum atomic E-state index is 12.2. The Morgan fingerprint density at radius 2 is 2.00 bits per heavy atom. The van der Waals surface area contributed by atoms with E-state index in [0.717, 1.165) is 11.8 Å². The Bertz CT molecular complexity index is 992. The van der Waals surface area contributed by atoms with E-state index >= 15 is 0 Å². The summed E-state index contributed by atoms with van der Waals surface area (Å²) in [5.74, 6) is -1.13. The highest BCUT2D eigenvalue weighted by atomic mass is 32.2. The number of rotatable bonds is 6. The van der Waals surface area contributed by atoms with Crippen molar-refractivity contribution in [2.24, 2.45) is 0 Å². The zero-order valence-corrected chi connectivity index (χ0v) is 15.2. The summed E-state index contributed by atoms with van der Waals surface area (Å²) in [6.45, 7) is 1.46. The summed E-state index contributed by atoms with van der Waals surface area (Å²) >= 11 is 1.09. The van der Waals surface area contributed by atoms with Crippen molar-refractivity contribution in [3.8, 4) is 6.07 Å². The van der Waals surface area contributed by atoms with Crippen LogP contribution in [-0.2, 0) is 14.3 Å². The Morgan fingerprint density at radius 3 is 2.78 bits per heavy atom. The van der Waals surface area contributed by atoms with Gasteiger partial charge in [-0.15, -0.1) is 0 Å². The van der Waals surface area contributed by atoms with Crippen molar-refractivity contribution in [3.63, 3.8) is 0 Å². The lowest BCUT2D eigenvalue weighted by atomic mass is 10.2. The Kier molecular flexibility index (Phi) is 5.74. The molecular weight excluding hydrogens is 366 g/mol. The van der Waals surface area contributed by atoms with E-state index in [0.29, 0.717) is 27.6 Å². The molecule has 0 fully saturated rings. The number of hydrogen-bond donors (Lipinski definition) is 1. The number of anilines is 1. The molecule has 27 heavy (non-hydrogen) atoms. The second kappa shape index (κ2) is 8.38. The van der Waals surface area contributed by atoms with Crippen molar-refractivity contribution in [1.82, 2.24) is 4.98 Å². The van der Waals surface area contributed by atoms with E-state index < -0.39 is 18.0 Å². The molecule has 0 spiro atoms. The number of nitriles is 1. The summed E-state index contributed by atoms with van der Waals surface area (Å²) in [4.78, 5) is 28.4. The number of benzene rings is 2. The normalized spacial score (nSPS) is 11.6. The van der Waals surface area contributed by atoms with Crippen molar-refractivity contribution in [2.75, 3.05) is 11.1 Å². The number of nitrogens with zero attached hydrogens (tertiary/aromatic N) is 2. The van der Waals surface area contributed by atoms with Gasteiger partial charge in [-0.2, -0.15) is 5.26 Å². The van der Waals surface area contributed by atoms with Gasteiger partial charge in [0.25, 0.3) is 11.1 Å². The van der Waals surface area contributed by atoms with Crippen LogP contribution in [-0.4, -0.2) is 28.7 Å². The van der Waals surface area contributed by atoms with Crippen LogP contribution in [0.15, 0.2) is 58.2 Å². The highest BCUT2D eigenvalue weighted by molar-refractivity contribution is 7.99. The van der Waals surface area contributed by atoms with Gasteiger partial charge in [0.05, 0.1) is 11.3 Å². The Morgan fingerprint density at radius 1 is 1.26 bits per heavy atom. The molecule has 0 saturated heterocycles. The van der Waals surface area contributed by atoms with Crippen LogP contribution in [0, 0.1) is 11.3 Å². The predicted molar refractivity (Wildman–Crippen MR) is 100 cm³/mol. The molecule has 0 aliphatic heterocycles. The summed E-state index contributed by atoms with van der Waals surface area (Å²) in [6.07, 6.45) is -1.01. The monoisotopic (exact) mass is 381 g/mol. The molecule has 0 unspecified atom stereocenters. The van der Waals surface area contributed by atoms with Gasteiger partial charge in [-0.05, 0) is 31.2 Å². The van der Waals surface area contributed by atoms with Crippen LogP contribution < -0.4 is 5.32 Å². The molecule has 0 aliphatic rings. The number of fused-ring (bicyclic) bond motifs is 1. The van der Waals surface area contributed by atoms with Gasteiger partial charge in [0.15, 0.2) is 11.7 Å². The lowest BCUT2D eigenvalue weighted by Gasteiger charge is -2.13. The molecule has 1 amide bonds. The van der Waals surface area contributed by atoms with Gasteiger partial charge in [0, 0.05) is 0 Å². The lowest BCUT2D eigenvalue weighted by Crippen LogP contribution is -2.30. The third-order valence-corrected chi connectivity index (χ3v) is 4.37. The average Bonchev–Trinajstić information content (AvgIpc) is 3.09. The van der Waals surface area contributed by atoms with Crippen LogP contribution in [0.2, 0.25) is 0 Å². The fourth-order valence-corrected chi connectivity index (χ4v) is 2.86. The number of carbonyl (C=O) groups excluding carboxylic acids is 2. The number of oxazole rings is 1. The van der Waals surface area contributed by atoms with Gasteiger partial charge in [-0.3, -0.25) is 9.59 Å². The van der Waals surface area contributed by atoms with Gasteiger partial charge >= 0.3 is 5.97 Å². The molecule has 0 aliphatic carbocycles. The van der Waals surface area contributed by atoms with E-state index in [9.17, 15) is 9.59 Å². The summed E-state index contributed by atoms with van der Waals surface area (Å²) in [5.41, 5.74) is 2.04. The van der Waals surface area contributed by atoms with E-state index in [2.05, 4.69) is 10.3 Å². The van der Waals surface area contributed by atoms with Crippen molar-refractivity contribution >= 4 is 40.4 Å². The highest BCUT2D eigenvalue weighted by Crippen LogP contribution is 2.23. The number of ether oxygens (including phenoxy) is 1. The largest absolute Gasteiger partial charge is 0.452 e. The number of amides is 1. The second-order valence-corrected chi connectivity index (χ2v) is 6.44. The molecule has 0 saturated carbocycles. The molecule has 1 N–H and O–H groups in total. The Balaban J connectivity index is 1.52. The number of aromatic nitrogens is 1. The number of thioether (sulfide) groups is 1. The Labute approximate surface area is 159 Å². The number of para-hydroxylation sites is 3. The molecule has 3 rings (SSSR count). The number of esters is 1. The van der Waals surface area contributed by atoms with E-state index in [1.165, 1.54) is 6.92 Å². The van der Waals surface area contributed by atoms with Crippen molar-refractivity contribution in [1.29, 1.82) is 5.26 Å². The first-order valence-electron chi connectivity index (χ1n) is 8.04. The first kappa shape index (κ1) is 18.5. The highest BCUT2D eigenvalue weighted by Gasteiger charge is 2.19. The van der Waals surface area contributed by atoms with Gasteiger partial charge < -0.3 is 14.5 Å².